The van der Waals surface area contributed by atoms with Crippen molar-refractivity contribution in [3.8, 4) is 0 Å². The summed E-state index contributed by atoms with van der Waals surface area (Å²) in [7, 11) is 0. The van der Waals surface area contributed by atoms with Gasteiger partial charge in [0.05, 0.1) is 0 Å². The van der Waals surface area contributed by atoms with Crippen molar-refractivity contribution in [2.75, 3.05) is 11.1 Å². The number of hydrogen-bond donors (Lipinski definition) is 2. The van der Waals surface area contributed by atoms with Gasteiger partial charge in [-0.3, -0.25) is 14.9 Å². The number of nitrogens with one attached hydrogen (secondary N) is 2. The fourth-order valence-corrected chi connectivity index (χ4v) is 3.26. The van der Waals surface area contributed by atoms with Crippen LogP contribution in [0, 0.1) is 0 Å². The highest BCUT2D eigenvalue weighted by Gasteiger charge is 2.10. The second kappa shape index (κ2) is 7.90. The lowest BCUT2D eigenvalue weighted by molar-refractivity contribution is -0.119. The van der Waals surface area contributed by atoms with Crippen LogP contribution >= 0.6 is 23.1 Å². The van der Waals surface area contributed by atoms with Gasteiger partial charge in [0.25, 0.3) is 5.91 Å². The van der Waals surface area contributed by atoms with Crippen LogP contribution in [0.2, 0.25) is 0 Å². The van der Waals surface area contributed by atoms with Crippen molar-refractivity contribution in [3.05, 3.63) is 35.4 Å². The number of rotatable bonds is 6. The van der Waals surface area contributed by atoms with E-state index in [9.17, 15) is 9.59 Å². The quantitative estimate of drug-likeness (QED) is 0.625. The van der Waals surface area contributed by atoms with Gasteiger partial charge in [-0.1, -0.05) is 42.2 Å². The van der Waals surface area contributed by atoms with Crippen molar-refractivity contribution in [2.45, 2.75) is 24.7 Å². The minimum Gasteiger partial charge on any atom is -0.352 e. The molecule has 1 aromatic carbocycles. The number of thioether (sulfide) groups is 1. The second-order valence-corrected chi connectivity index (χ2v) is 6.86. The van der Waals surface area contributed by atoms with Crippen molar-refractivity contribution in [1.82, 2.24) is 15.5 Å². The summed E-state index contributed by atoms with van der Waals surface area (Å²) in [4.78, 5) is 23.0. The van der Waals surface area contributed by atoms with E-state index < -0.39 is 0 Å². The monoisotopic (exact) mass is 336 g/mol. The van der Waals surface area contributed by atoms with E-state index in [-0.39, 0.29) is 11.8 Å². The number of anilines is 1. The summed E-state index contributed by atoms with van der Waals surface area (Å²) in [6.45, 7) is 3.95. The van der Waals surface area contributed by atoms with E-state index in [1.807, 2.05) is 19.1 Å². The smallest absolute Gasteiger partial charge is 0.257 e. The first-order valence-electron chi connectivity index (χ1n) is 6.69. The largest absolute Gasteiger partial charge is 0.352 e. The van der Waals surface area contributed by atoms with Gasteiger partial charge in [-0.05, 0) is 23.4 Å². The van der Waals surface area contributed by atoms with E-state index in [2.05, 4.69) is 20.8 Å². The molecule has 0 spiro atoms. The first kappa shape index (κ1) is 16.4. The Morgan fingerprint density at radius 1 is 1.23 bits per heavy atom. The number of benzene rings is 1. The maximum atomic E-state index is 12.1. The molecule has 0 radical (unpaired) electrons. The molecule has 0 aliphatic carbocycles. The highest BCUT2D eigenvalue weighted by molar-refractivity contribution is 8.01. The standard InChI is InChI=1S/C14H16N4O2S2/c1-3-21-14-18-17-13(22-14)16-12(20)11-6-4-10(5-7-11)8-15-9(2)19/h4-7H,3,8H2,1-2H3,(H,15,19)(H,16,17,20). The molecule has 2 rings (SSSR count). The summed E-state index contributed by atoms with van der Waals surface area (Å²) in [5.74, 6) is 0.604. The number of amides is 2. The lowest BCUT2D eigenvalue weighted by Crippen LogP contribution is -2.19. The lowest BCUT2D eigenvalue weighted by atomic mass is 10.1. The minimum atomic E-state index is -0.227. The Balaban J connectivity index is 1.95. The van der Waals surface area contributed by atoms with Gasteiger partial charge < -0.3 is 5.32 Å². The van der Waals surface area contributed by atoms with Crippen LogP contribution < -0.4 is 10.6 Å². The third kappa shape index (κ3) is 4.81. The zero-order valence-electron chi connectivity index (χ0n) is 12.3. The zero-order chi connectivity index (χ0) is 15.9. The van der Waals surface area contributed by atoms with E-state index in [1.165, 1.54) is 18.3 Å². The Morgan fingerprint density at radius 2 is 1.95 bits per heavy atom. The summed E-state index contributed by atoms with van der Waals surface area (Å²) in [5.41, 5.74) is 1.47. The van der Waals surface area contributed by atoms with Crippen LogP contribution in [0.1, 0.15) is 29.8 Å². The summed E-state index contributed by atoms with van der Waals surface area (Å²) in [6, 6.07) is 7.05. The molecule has 0 saturated carbocycles. The molecule has 2 aromatic rings. The number of hydrogen-bond acceptors (Lipinski definition) is 6. The fourth-order valence-electron chi connectivity index (χ4n) is 1.61. The van der Waals surface area contributed by atoms with Gasteiger partial charge in [-0.15, -0.1) is 10.2 Å². The Morgan fingerprint density at radius 3 is 2.59 bits per heavy atom. The Kier molecular flexibility index (Phi) is 5.91. The fraction of sp³-hybridized carbons (Fsp3) is 0.286. The predicted octanol–water partition coefficient (Wildman–Crippen LogP) is 2.54. The van der Waals surface area contributed by atoms with Crippen molar-refractivity contribution in [1.29, 1.82) is 0 Å². The van der Waals surface area contributed by atoms with E-state index in [0.717, 1.165) is 15.7 Å². The van der Waals surface area contributed by atoms with Crippen molar-refractivity contribution in [3.63, 3.8) is 0 Å². The Labute approximate surface area is 136 Å². The van der Waals surface area contributed by atoms with Crippen LogP contribution in [-0.4, -0.2) is 27.8 Å². The highest BCUT2D eigenvalue weighted by Crippen LogP contribution is 2.25. The normalized spacial score (nSPS) is 10.3. The minimum absolute atomic E-state index is 0.0844. The molecular weight excluding hydrogens is 320 g/mol. The molecule has 1 heterocycles. The molecule has 0 fully saturated rings. The van der Waals surface area contributed by atoms with Crippen LogP contribution in [-0.2, 0) is 11.3 Å². The molecule has 0 unspecified atom stereocenters. The molecule has 0 aliphatic heterocycles. The summed E-state index contributed by atoms with van der Waals surface area (Å²) in [5, 5.41) is 13.8. The molecule has 0 aliphatic rings. The van der Waals surface area contributed by atoms with Gasteiger partial charge >= 0.3 is 0 Å². The topological polar surface area (TPSA) is 84.0 Å². The molecule has 8 heteroatoms. The van der Waals surface area contributed by atoms with E-state index in [4.69, 9.17) is 0 Å². The molecule has 2 amide bonds. The molecule has 0 atom stereocenters. The average Bonchev–Trinajstić information content (AvgIpc) is 2.93. The molecule has 0 bridgehead atoms. The molecule has 1 aromatic heterocycles. The maximum absolute atomic E-state index is 12.1. The van der Waals surface area contributed by atoms with Crippen molar-refractivity contribution >= 4 is 40.0 Å². The molecule has 6 nitrogen and oxygen atoms in total. The van der Waals surface area contributed by atoms with Crippen LogP contribution in [0.3, 0.4) is 0 Å². The number of nitrogens with zero attached hydrogens (tertiary/aromatic N) is 2. The van der Waals surface area contributed by atoms with Crippen LogP contribution in [0.4, 0.5) is 5.13 Å². The zero-order valence-corrected chi connectivity index (χ0v) is 13.9. The van der Waals surface area contributed by atoms with E-state index >= 15 is 0 Å². The molecular formula is C14H16N4O2S2. The van der Waals surface area contributed by atoms with E-state index in [1.54, 1.807) is 23.9 Å². The summed E-state index contributed by atoms with van der Waals surface area (Å²) in [6.07, 6.45) is 0. The second-order valence-electron chi connectivity index (χ2n) is 4.37. The predicted molar refractivity (Wildman–Crippen MR) is 88.2 cm³/mol. The van der Waals surface area contributed by atoms with E-state index in [0.29, 0.717) is 17.2 Å². The summed E-state index contributed by atoms with van der Waals surface area (Å²) < 4.78 is 0.837. The Hall–Kier alpha value is -1.93. The van der Waals surface area contributed by atoms with Gasteiger partial charge in [0.1, 0.15) is 0 Å². The van der Waals surface area contributed by atoms with Gasteiger partial charge in [0, 0.05) is 19.0 Å². The maximum Gasteiger partial charge on any atom is 0.257 e. The van der Waals surface area contributed by atoms with Gasteiger partial charge in [-0.2, -0.15) is 0 Å². The van der Waals surface area contributed by atoms with Gasteiger partial charge in [0.15, 0.2) is 4.34 Å². The van der Waals surface area contributed by atoms with Crippen molar-refractivity contribution < 1.29 is 9.59 Å². The average molecular weight is 336 g/mol. The van der Waals surface area contributed by atoms with Gasteiger partial charge in [0.2, 0.25) is 11.0 Å². The van der Waals surface area contributed by atoms with Gasteiger partial charge in [-0.25, -0.2) is 0 Å². The Bertz CT molecular complexity index is 655. The van der Waals surface area contributed by atoms with Crippen LogP contribution in [0.15, 0.2) is 28.6 Å². The molecule has 2 N–H and O–H groups in total. The molecule has 0 saturated heterocycles. The number of carbonyl (C=O) groups is 2. The summed E-state index contributed by atoms with van der Waals surface area (Å²) >= 11 is 2.94. The number of carbonyl (C=O) groups excluding carboxylic acids is 2. The number of aromatic nitrogens is 2. The molecule has 116 valence electrons. The third-order valence-corrected chi connectivity index (χ3v) is 4.51. The lowest BCUT2D eigenvalue weighted by Gasteiger charge is -2.04. The van der Waals surface area contributed by atoms with Crippen LogP contribution in [0.5, 0.6) is 0 Å². The van der Waals surface area contributed by atoms with Crippen LogP contribution in [0.25, 0.3) is 0 Å². The highest BCUT2D eigenvalue weighted by atomic mass is 32.2. The first-order valence-corrected chi connectivity index (χ1v) is 8.49. The SMILES string of the molecule is CCSc1nnc(NC(=O)c2ccc(CNC(C)=O)cc2)s1. The van der Waals surface area contributed by atoms with Crippen molar-refractivity contribution in [2.24, 2.45) is 0 Å². The first-order chi connectivity index (χ1) is 10.6. The molecule has 22 heavy (non-hydrogen) atoms. The third-order valence-electron chi connectivity index (χ3n) is 2.65.